The highest BCUT2D eigenvalue weighted by molar-refractivity contribution is 6.13. The number of Topliss-reactive ketones (excluding diaryl/α,β-unsaturated/α-hetero) is 2. The molecule has 0 aliphatic carbocycles. The first-order valence-electron chi connectivity index (χ1n) is 12.4. The molecule has 0 spiro atoms. The molecule has 0 fully saturated rings. The number of carbonyl (C=O) groups excluding carboxylic acids is 2. The lowest BCUT2D eigenvalue weighted by molar-refractivity contribution is -0.126. The first-order chi connectivity index (χ1) is 14.7. The van der Waals surface area contributed by atoms with Crippen LogP contribution in [0.2, 0.25) is 0 Å². The average molecular weight is 417 g/mol. The second-order valence-electron chi connectivity index (χ2n) is 8.51. The van der Waals surface area contributed by atoms with Gasteiger partial charge in [0.2, 0.25) is 0 Å². The fraction of sp³-hybridized carbons (Fsp3) is 0.704. The number of hydrogen-bond acceptors (Lipinski definition) is 3. The van der Waals surface area contributed by atoms with Crippen molar-refractivity contribution in [2.75, 3.05) is 7.11 Å². The van der Waals surface area contributed by atoms with Crippen molar-refractivity contribution in [3.05, 3.63) is 35.9 Å². The minimum atomic E-state index is -0.959. The molecule has 0 N–H and O–H groups in total. The number of unbranched alkanes of at least 4 members (excludes halogenated alkanes) is 14. The zero-order chi connectivity index (χ0) is 21.9. The molecule has 0 saturated heterocycles. The fourth-order valence-electron chi connectivity index (χ4n) is 3.94. The van der Waals surface area contributed by atoms with Crippen molar-refractivity contribution >= 4 is 11.6 Å². The number of rotatable bonds is 20. The van der Waals surface area contributed by atoms with Gasteiger partial charge in [-0.1, -0.05) is 127 Å². The van der Waals surface area contributed by atoms with E-state index in [9.17, 15) is 9.59 Å². The standard InChI is InChI=1S/C27H44O3/c1-3-4-5-6-7-8-9-10-11-12-13-14-15-16-20-23-25(28)27(30-2)26(29)24-21-18-17-19-22-24/h17-19,21-22,27H,3-16,20,23H2,1-2H3. The SMILES string of the molecule is CCCCCCCCCCCCCCCCCC(=O)C(OC)C(=O)c1ccccc1. The van der Waals surface area contributed by atoms with Crippen LogP contribution in [-0.2, 0) is 9.53 Å². The first-order valence-corrected chi connectivity index (χ1v) is 12.4. The molecule has 170 valence electrons. The minimum Gasteiger partial charge on any atom is -0.365 e. The Morgan fingerprint density at radius 3 is 1.57 bits per heavy atom. The van der Waals surface area contributed by atoms with E-state index in [0.717, 1.165) is 12.8 Å². The van der Waals surface area contributed by atoms with E-state index in [1.807, 2.05) is 6.07 Å². The Hall–Kier alpha value is -1.48. The first kappa shape index (κ1) is 26.6. The smallest absolute Gasteiger partial charge is 0.199 e. The Bertz CT molecular complexity index is 552. The van der Waals surface area contributed by atoms with Crippen LogP contribution >= 0.6 is 0 Å². The molecule has 3 heteroatoms. The third-order valence-electron chi connectivity index (χ3n) is 5.85. The van der Waals surface area contributed by atoms with Crippen LogP contribution in [0.15, 0.2) is 30.3 Å². The van der Waals surface area contributed by atoms with Crippen LogP contribution in [0.1, 0.15) is 120 Å². The van der Waals surface area contributed by atoms with Crippen LogP contribution in [0, 0.1) is 0 Å². The Kier molecular flexibility index (Phi) is 16.2. The predicted octanol–water partition coefficient (Wildman–Crippen LogP) is 7.71. The molecule has 0 heterocycles. The molecule has 0 aliphatic rings. The summed E-state index contributed by atoms with van der Waals surface area (Å²) in [6.07, 6.45) is 19.0. The van der Waals surface area contributed by atoms with Gasteiger partial charge in [0.25, 0.3) is 0 Å². The highest BCUT2D eigenvalue weighted by Gasteiger charge is 2.26. The van der Waals surface area contributed by atoms with Gasteiger partial charge in [-0.15, -0.1) is 0 Å². The monoisotopic (exact) mass is 416 g/mol. The quantitative estimate of drug-likeness (QED) is 0.124. The van der Waals surface area contributed by atoms with Gasteiger partial charge in [-0.3, -0.25) is 9.59 Å². The van der Waals surface area contributed by atoms with Crippen molar-refractivity contribution in [3.8, 4) is 0 Å². The molecule has 0 aromatic heterocycles. The van der Waals surface area contributed by atoms with E-state index in [2.05, 4.69) is 6.92 Å². The number of ether oxygens (including phenoxy) is 1. The predicted molar refractivity (Wildman–Crippen MR) is 126 cm³/mol. The van der Waals surface area contributed by atoms with Crippen LogP contribution in [0.5, 0.6) is 0 Å². The molecular formula is C27H44O3. The molecule has 1 aromatic carbocycles. The van der Waals surface area contributed by atoms with E-state index in [0.29, 0.717) is 12.0 Å². The Morgan fingerprint density at radius 2 is 1.13 bits per heavy atom. The van der Waals surface area contributed by atoms with Gasteiger partial charge >= 0.3 is 0 Å². The van der Waals surface area contributed by atoms with Gasteiger partial charge in [-0.05, 0) is 6.42 Å². The van der Waals surface area contributed by atoms with Gasteiger partial charge < -0.3 is 4.74 Å². The van der Waals surface area contributed by atoms with E-state index in [1.54, 1.807) is 24.3 Å². The highest BCUT2D eigenvalue weighted by Crippen LogP contribution is 2.15. The molecular weight excluding hydrogens is 372 g/mol. The number of carbonyl (C=O) groups is 2. The Balaban J connectivity index is 1.98. The minimum absolute atomic E-state index is 0.0963. The van der Waals surface area contributed by atoms with Crippen LogP contribution in [0.4, 0.5) is 0 Å². The summed E-state index contributed by atoms with van der Waals surface area (Å²) < 4.78 is 5.20. The van der Waals surface area contributed by atoms with Crippen molar-refractivity contribution in [3.63, 3.8) is 0 Å². The molecule has 1 rings (SSSR count). The molecule has 0 bridgehead atoms. The van der Waals surface area contributed by atoms with E-state index < -0.39 is 6.10 Å². The summed E-state index contributed by atoms with van der Waals surface area (Å²) in [5.74, 6) is -0.329. The van der Waals surface area contributed by atoms with Gasteiger partial charge in [0.15, 0.2) is 17.7 Å². The summed E-state index contributed by atoms with van der Waals surface area (Å²) in [4.78, 5) is 24.8. The van der Waals surface area contributed by atoms with Crippen LogP contribution < -0.4 is 0 Å². The van der Waals surface area contributed by atoms with E-state index in [4.69, 9.17) is 4.74 Å². The molecule has 0 aliphatic heterocycles. The van der Waals surface area contributed by atoms with Crippen LogP contribution in [0.3, 0.4) is 0 Å². The lowest BCUT2D eigenvalue weighted by atomic mass is 9.99. The highest BCUT2D eigenvalue weighted by atomic mass is 16.5. The van der Waals surface area contributed by atoms with Crippen LogP contribution in [-0.4, -0.2) is 24.8 Å². The second-order valence-corrected chi connectivity index (χ2v) is 8.51. The molecule has 3 nitrogen and oxygen atoms in total. The maximum absolute atomic E-state index is 12.4. The van der Waals surface area contributed by atoms with Crippen molar-refractivity contribution in [1.82, 2.24) is 0 Å². The number of ketones is 2. The summed E-state index contributed by atoms with van der Waals surface area (Å²) in [6.45, 7) is 2.27. The molecule has 1 aromatic rings. The van der Waals surface area contributed by atoms with E-state index >= 15 is 0 Å². The maximum atomic E-state index is 12.4. The summed E-state index contributed by atoms with van der Waals surface area (Å²) in [7, 11) is 1.44. The third-order valence-corrected chi connectivity index (χ3v) is 5.85. The molecule has 1 atom stereocenters. The van der Waals surface area contributed by atoms with Gasteiger partial charge in [0, 0.05) is 19.1 Å². The maximum Gasteiger partial charge on any atom is 0.199 e. The van der Waals surface area contributed by atoms with Gasteiger partial charge in [-0.25, -0.2) is 0 Å². The van der Waals surface area contributed by atoms with Gasteiger partial charge in [-0.2, -0.15) is 0 Å². The molecule has 0 saturated carbocycles. The third kappa shape index (κ3) is 12.3. The van der Waals surface area contributed by atoms with Gasteiger partial charge in [0.1, 0.15) is 0 Å². The average Bonchev–Trinajstić information content (AvgIpc) is 2.77. The lowest BCUT2D eigenvalue weighted by Gasteiger charge is -2.13. The number of methoxy groups -OCH3 is 1. The number of benzene rings is 1. The topological polar surface area (TPSA) is 43.4 Å². The van der Waals surface area contributed by atoms with Crippen molar-refractivity contribution < 1.29 is 14.3 Å². The van der Waals surface area contributed by atoms with Crippen molar-refractivity contribution in [2.24, 2.45) is 0 Å². The number of hydrogen-bond donors (Lipinski definition) is 0. The summed E-state index contributed by atoms with van der Waals surface area (Å²) in [5.41, 5.74) is 0.536. The van der Waals surface area contributed by atoms with Crippen LogP contribution in [0.25, 0.3) is 0 Å². The molecule has 30 heavy (non-hydrogen) atoms. The molecule has 0 radical (unpaired) electrons. The fourth-order valence-corrected chi connectivity index (χ4v) is 3.94. The summed E-state index contributed by atoms with van der Waals surface area (Å²) in [5, 5.41) is 0. The lowest BCUT2D eigenvalue weighted by Crippen LogP contribution is -2.32. The Morgan fingerprint density at radius 1 is 0.700 bits per heavy atom. The zero-order valence-electron chi connectivity index (χ0n) is 19.5. The van der Waals surface area contributed by atoms with Crippen molar-refractivity contribution in [2.45, 2.75) is 116 Å². The summed E-state index contributed by atoms with van der Waals surface area (Å²) in [6, 6.07) is 8.93. The normalized spacial score (nSPS) is 12.1. The van der Waals surface area contributed by atoms with E-state index in [-0.39, 0.29) is 11.6 Å². The largest absolute Gasteiger partial charge is 0.365 e. The second kappa shape index (κ2) is 18.3. The molecule has 1 unspecified atom stereocenters. The zero-order valence-corrected chi connectivity index (χ0v) is 19.5. The molecule has 0 amide bonds. The van der Waals surface area contributed by atoms with Gasteiger partial charge in [0.05, 0.1) is 0 Å². The van der Waals surface area contributed by atoms with E-state index in [1.165, 1.54) is 90.6 Å². The Labute approximate surface area is 185 Å². The summed E-state index contributed by atoms with van der Waals surface area (Å²) >= 11 is 0. The van der Waals surface area contributed by atoms with Crippen molar-refractivity contribution in [1.29, 1.82) is 0 Å².